The fraction of sp³-hybridized carbons (Fsp3) is 0.100. The van der Waals surface area contributed by atoms with E-state index in [4.69, 9.17) is 23.8 Å². The molecule has 0 atom stereocenters. The molecule has 2 heterocycles. The number of fused-ring (bicyclic) bond motifs is 1. The topological polar surface area (TPSA) is 68.9 Å². The SMILES string of the molecule is Cn1c(SCC(=O)Nc2ccc(F)c(F)c2)nc2c(sc(=S)n2-c2ccc(Cl)cc2)c1=O. The van der Waals surface area contributed by atoms with E-state index in [0.717, 1.165) is 35.2 Å². The zero-order chi connectivity index (χ0) is 23.0. The molecule has 4 aromatic rings. The number of hydrogen-bond donors (Lipinski definition) is 1. The summed E-state index contributed by atoms with van der Waals surface area (Å²) in [5, 5.41) is 3.35. The van der Waals surface area contributed by atoms with Gasteiger partial charge in [-0.2, -0.15) is 0 Å². The zero-order valence-corrected chi connectivity index (χ0v) is 19.5. The Morgan fingerprint density at radius 1 is 1.22 bits per heavy atom. The van der Waals surface area contributed by atoms with E-state index in [-0.39, 0.29) is 17.0 Å². The molecule has 0 unspecified atom stereocenters. The summed E-state index contributed by atoms with van der Waals surface area (Å²) in [6, 6.07) is 10.0. The molecule has 0 aliphatic rings. The second kappa shape index (κ2) is 9.10. The van der Waals surface area contributed by atoms with Crippen LogP contribution in [0.5, 0.6) is 0 Å². The summed E-state index contributed by atoms with van der Waals surface area (Å²) in [5.74, 6) is -2.63. The van der Waals surface area contributed by atoms with Crippen molar-refractivity contribution < 1.29 is 13.6 Å². The number of hydrogen-bond acceptors (Lipinski definition) is 6. The molecule has 6 nitrogen and oxygen atoms in total. The quantitative estimate of drug-likeness (QED) is 0.228. The van der Waals surface area contributed by atoms with Crippen LogP contribution in [-0.2, 0) is 11.8 Å². The number of thioether (sulfide) groups is 1. The Kier molecular flexibility index (Phi) is 6.42. The molecule has 2 aromatic heterocycles. The van der Waals surface area contributed by atoms with Gasteiger partial charge in [-0.05, 0) is 48.6 Å². The molecular formula is C20H13ClF2N4O2S3. The fourth-order valence-electron chi connectivity index (χ4n) is 2.86. The van der Waals surface area contributed by atoms with Crippen LogP contribution in [-0.4, -0.2) is 25.8 Å². The molecular weight excluding hydrogens is 498 g/mol. The first-order chi connectivity index (χ1) is 15.2. The van der Waals surface area contributed by atoms with Crippen molar-refractivity contribution in [2.24, 2.45) is 7.05 Å². The number of anilines is 1. The molecule has 0 saturated carbocycles. The van der Waals surface area contributed by atoms with Crippen LogP contribution in [0.1, 0.15) is 0 Å². The van der Waals surface area contributed by atoms with Gasteiger partial charge in [-0.15, -0.1) is 0 Å². The third kappa shape index (κ3) is 4.46. The van der Waals surface area contributed by atoms with Crippen LogP contribution in [0.4, 0.5) is 14.5 Å². The first-order valence-electron chi connectivity index (χ1n) is 9.01. The third-order valence-electron chi connectivity index (χ3n) is 4.39. The molecule has 4 rings (SSSR count). The van der Waals surface area contributed by atoms with Crippen molar-refractivity contribution in [1.29, 1.82) is 0 Å². The van der Waals surface area contributed by atoms with Crippen LogP contribution < -0.4 is 10.9 Å². The Morgan fingerprint density at radius 3 is 2.62 bits per heavy atom. The lowest BCUT2D eigenvalue weighted by atomic mass is 10.3. The van der Waals surface area contributed by atoms with Gasteiger partial charge in [-0.1, -0.05) is 34.7 Å². The van der Waals surface area contributed by atoms with Crippen molar-refractivity contribution in [2.45, 2.75) is 5.16 Å². The minimum absolute atomic E-state index is 0.101. The van der Waals surface area contributed by atoms with Crippen molar-refractivity contribution in [3.05, 3.63) is 73.4 Å². The highest BCUT2D eigenvalue weighted by Crippen LogP contribution is 2.26. The molecule has 32 heavy (non-hydrogen) atoms. The van der Waals surface area contributed by atoms with Gasteiger partial charge in [0.15, 0.2) is 26.4 Å². The van der Waals surface area contributed by atoms with Gasteiger partial charge >= 0.3 is 0 Å². The second-order valence-corrected chi connectivity index (χ2v) is 9.58. The molecule has 0 bridgehead atoms. The molecule has 0 radical (unpaired) electrons. The van der Waals surface area contributed by atoms with Gasteiger partial charge in [0.2, 0.25) is 5.91 Å². The number of halogens is 3. The Hall–Kier alpha value is -2.60. The lowest BCUT2D eigenvalue weighted by Gasteiger charge is -2.09. The normalized spacial score (nSPS) is 11.1. The van der Waals surface area contributed by atoms with Crippen LogP contribution in [0.2, 0.25) is 5.02 Å². The van der Waals surface area contributed by atoms with Crippen LogP contribution in [0.3, 0.4) is 0 Å². The monoisotopic (exact) mass is 510 g/mol. The van der Waals surface area contributed by atoms with Crippen LogP contribution in [0.15, 0.2) is 52.4 Å². The number of nitrogens with zero attached hydrogens (tertiary/aromatic N) is 3. The highest BCUT2D eigenvalue weighted by Gasteiger charge is 2.17. The van der Waals surface area contributed by atoms with E-state index < -0.39 is 17.5 Å². The number of thiazole rings is 1. The van der Waals surface area contributed by atoms with E-state index in [1.165, 1.54) is 10.6 Å². The minimum Gasteiger partial charge on any atom is -0.325 e. The summed E-state index contributed by atoms with van der Waals surface area (Å²) in [6.07, 6.45) is 0. The van der Waals surface area contributed by atoms with Crippen LogP contribution in [0, 0.1) is 15.6 Å². The number of benzene rings is 2. The van der Waals surface area contributed by atoms with E-state index in [1.54, 1.807) is 35.9 Å². The van der Waals surface area contributed by atoms with Crippen LogP contribution >= 0.6 is 46.9 Å². The van der Waals surface area contributed by atoms with Crippen molar-refractivity contribution in [3.63, 3.8) is 0 Å². The predicted octanol–water partition coefficient (Wildman–Crippen LogP) is 5.18. The van der Waals surface area contributed by atoms with E-state index in [1.807, 2.05) is 0 Å². The Morgan fingerprint density at radius 2 is 1.94 bits per heavy atom. The number of rotatable bonds is 5. The first-order valence-corrected chi connectivity index (χ1v) is 11.6. The Labute approximate surface area is 198 Å². The minimum atomic E-state index is -1.06. The number of amides is 1. The van der Waals surface area contributed by atoms with Crippen molar-refractivity contribution >= 4 is 68.9 Å². The molecule has 1 N–H and O–H groups in total. The average Bonchev–Trinajstić information content (AvgIpc) is 3.09. The maximum absolute atomic E-state index is 13.3. The second-order valence-electron chi connectivity index (χ2n) is 6.56. The maximum Gasteiger partial charge on any atom is 0.273 e. The van der Waals surface area contributed by atoms with Crippen LogP contribution in [0.25, 0.3) is 16.0 Å². The van der Waals surface area contributed by atoms with E-state index in [2.05, 4.69) is 10.3 Å². The lowest BCUT2D eigenvalue weighted by Crippen LogP contribution is -2.21. The maximum atomic E-state index is 13.3. The number of aromatic nitrogens is 3. The largest absolute Gasteiger partial charge is 0.325 e. The highest BCUT2D eigenvalue weighted by atomic mass is 35.5. The Bertz CT molecular complexity index is 1460. The highest BCUT2D eigenvalue weighted by molar-refractivity contribution is 7.99. The number of nitrogens with one attached hydrogen (secondary N) is 1. The number of carbonyl (C=O) groups is 1. The molecule has 0 saturated heterocycles. The first kappa shape index (κ1) is 22.6. The summed E-state index contributed by atoms with van der Waals surface area (Å²) in [4.78, 5) is 29.7. The van der Waals surface area contributed by atoms with Gasteiger partial charge < -0.3 is 5.32 Å². The summed E-state index contributed by atoms with van der Waals surface area (Å²) < 4.78 is 30.2. The van der Waals surface area contributed by atoms with Gasteiger partial charge in [0.1, 0.15) is 4.70 Å². The third-order valence-corrected chi connectivity index (χ3v) is 7.03. The standard InChI is InChI=1S/C20H13ClF2N4O2S3/c1-26-18(29)16-17(27(20(30)32-16)12-5-2-10(21)3-6-12)25-19(26)31-9-15(28)24-11-4-7-13(22)14(23)8-11/h2-8H,9H2,1H3,(H,24,28). The molecule has 164 valence electrons. The summed E-state index contributed by atoms with van der Waals surface area (Å²) in [7, 11) is 1.56. The molecule has 1 amide bonds. The van der Waals surface area contributed by atoms with Gasteiger partial charge in [0.25, 0.3) is 5.56 Å². The molecule has 12 heteroatoms. The zero-order valence-electron chi connectivity index (χ0n) is 16.3. The predicted molar refractivity (Wildman–Crippen MR) is 126 cm³/mol. The lowest BCUT2D eigenvalue weighted by molar-refractivity contribution is -0.113. The van der Waals surface area contributed by atoms with Gasteiger partial charge in [0.05, 0.1) is 5.75 Å². The molecule has 0 spiro atoms. The van der Waals surface area contributed by atoms with E-state index in [0.29, 0.717) is 30.2 Å². The smallest absolute Gasteiger partial charge is 0.273 e. The molecule has 0 aliphatic carbocycles. The summed E-state index contributed by atoms with van der Waals surface area (Å²) in [5.41, 5.74) is 0.927. The molecule has 0 aliphatic heterocycles. The number of carbonyl (C=O) groups excluding carboxylic acids is 1. The molecule has 2 aromatic carbocycles. The van der Waals surface area contributed by atoms with Crippen molar-refractivity contribution in [1.82, 2.24) is 14.1 Å². The Balaban J connectivity index is 1.63. The van der Waals surface area contributed by atoms with Crippen molar-refractivity contribution in [2.75, 3.05) is 11.1 Å². The average molecular weight is 511 g/mol. The van der Waals surface area contributed by atoms with Crippen molar-refractivity contribution in [3.8, 4) is 5.69 Å². The summed E-state index contributed by atoms with van der Waals surface area (Å²) in [6.45, 7) is 0. The van der Waals surface area contributed by atoms with E-state index in [9.17, 15) is 18.4 Å². The van der Waals surface area contributed by atoms with Gasteiger partial charge in [-0.3, -0.25) is 18.7 Å². The summed E-state index contributed by atoms with van der Waals surface area (Å²) >= 11 is 13.6. The van der Waals surface area contributed by atoms with E-state index >= 15 is 0 Å². The molecule has 0 fully saturated rings. The fourth-order valence-corrected chi connectivity index (χ4v) is 5.10. The van der Waals surface area contributed by atoms with Gasteiger partial charge in [0, 0.05) is 29.5 Å². The van der Waals surface area contributed by atoms with Gasteiger partial charge in [-0.25, -0.2) is 13.8 Å².